The third-order valence-electron chi connectivity index (χ3n) is 4.31. The summed E-state index contributed by atoms with van der Waals surface area (Å²) in [6, 6.07) is 1.55. The predicted octanol–water partition coefficient (Wildman–Crippen LogP) is 3.58. The molecule has 0 radical (unpaired) electrons. The first-order valence-corrected chi connectivity index (χ1v) is 10.5. The molecule has 0 unspecified atom stereocenters. The Morgan fingerprint density at radius 1 is 1.30 bits per heavy atom. The van der Waals surface area contributed by atoms with Gasteiger partial charge in [0.15, 0.2) is 11.5 Å². The van der Waals surface area contributed by atoms with Crippen LogP contribution in [0.1, 0.15) is 18.4 Å². The van der Waals surface area contributed by atoms with Gasteiger partial charge in [0.05, 0.1) is 16.5 Å². The topological polar surface area (TPSA) is 87.2 Å². The van der Waals surface area contributed by atoms with Crippen molar-refractivity contribution < 1.29 is 24.2 Å². The summed E-state index contributed by atoms with van der Waals surface area (Å²) >= 11 is 7.39. The summed E-state index contributed by atoms with van der Waals surface area (Å²) in [4.78, 5) is 40.0. The van der Waals surface area contributed by atoms with Crippen molar-refractivity contribution in [2.45, 2.75) is 12.8 Å². The Bertz CT molecular complexity index is 852. The van der Waals surface area contributed by atoms with Gasteiger partial charge >= 0.3 is 0 Å². The van der Waals surface area contributed by atoms with E-state index in [-0.39, 0.29) is 28.9 Å². The number of rotatable bonds is 4. The van der Waals surface area contributed by atoms with Crippen molar-refractivity contribution in [2.24, 2.45) is 0 Å². The van der Waals surface area contributed by atoms with E-state index in [1.54, 1.807) is 11.0 Å². The minimum atomic E-state index is -0.507. The minimum absolute atomic E-state index is 0.0779. The second-order valence-electron chi connectivity index (χ2n) is 6.00. The molecular weight excluding hydrogens is 504 g/mol. The van der Waals surface area contributed by atoms with Crippen molar-refractivity contribution in [1.29, 1.82) is 0 Å². The number of halogens is 2. The summed E-state index contributed by atoms with van der Waals surface area (Å²) < 4.78 is 6.00. The molecule has 0 atom stereocenters. The molecule has 0 saturated carbocycles. The molecule has 0 aliphatic carbocycles. The SMILES string of the molecule is COc1cc(/C=C2/SC(=O)N(CC(=O)N3CCCC3)C2=O)c(Br)c(Br)c1O. The van der Waals surface area contributed by atoms with Gasteiger partial charge in [-0.3, -0.25) is 19.3 Å². The number of benzene rings is 1. The number of phenols is 1. The van der Waals surface area contributed by atoms with E-state index in [1.165, 1.54) is 13.2 Å². The highest BCUT2D eigenvalue weighted by atomic mass is 79.9. The second kappa shape index (κ2) is 8.24. The summed E-state index contributed by atoms with van der Waals surface area (Å²) in [7, 11) is 1.41. The van der Waals surface area contributed by atoms with Crippen LogP contribution in [-0.2, 0) is 9.59 Å². The number of carbonyl (C=O) groups excluding carboxylic acids is 3. The molecule has 2 saturated heterocycles. The van der Waals surface area contributed by atoms with Gasteiger partial charge in [-0.25, -0.2) is 0 Å². The zero-order valence-corrected chi connectivity index (χ0v) is 18.3. The molecule has 1 N–H and O–H groups in total. The lowest BCUT2D eigenvalue weighted by molar-refractivity contribution is -0.135. The Hall–Kier alpha value is -1.52. The standard InChI is InChI=1S/C17H16Br2N2O5S/c1-26-10-6-9(13(18)14(19)15(10)23)7-11-16(24)21(17(25)27-11)8-12(22)20-4-2-3-5-20/h6-7,23H,2-5,8H2,1H3/b11-7+. The molecule has 0 spiro atoms. The average Bonchev–Trinajstić information content (AvgIpc) is 3.27. The first kappa shape index (κ1) is 20.2. The van der Waals surface area contributed by atoms with Gasteiger partial charge in [0.1, 0.15) is 6.54 Å². The zero-order valence-electron chi connectivity index (χ0n) is 14.3. The van der Waals surface area contributed by atoms with Crippen LogP contribution < -0.4 is 4.74 Å². The molecule has 10 heteroatoms. The Labute approximate surface area is 177 Å². The number of methoxy groups -OCH3 is 1. The molecule has 2 aliphatic rings. The van der Waals surface area contributed by atoms with Gasteiger partial charge in [0.25, 0.3) is 11.1 Å². The van der Waals surface area contributed by atoms with E-state index >= 15 is 0 Å². The smallest absolute Gasteiger partial charge is 0.294 e. The molecule has 1 aromatic carbocycles. The lowest BCUT2D eigenvalue weighted by Gasteiger charge is -2.18. The maximum Gasteiger partial charge on any atom is 0.294 e. The molecule has 7 nitrogen and oxygen atoms in total. The van der Waals surface area contributed by atoms with Crippen molar-refractivity contribution >= 4 is 66.8 Å². The number of thioether (sulfide) groups is 1. The number of aromatic hydroxyl groups is 1. The summed E-state index contributed by atoms with van der Waals surface area (Å²) in [5.74, 6) is -0.579. The number of hydrogen-bond donors (Lipinski definition) is 1. The van der Waals surface area contributed by atoms with Crippen LogP contribution in [0.2, 0.25) is 0 Å². The Balaban J connectivity index is 1.84. The van der Waals surface area contributed by atoms with E-state index in [2.05, 4.69) is 31.9 Å². The van der Waals surface area contributed by atoms with Crippen LogP contribution in [0, 0.1) is 0 Å². The Morgan fingerprint density at radius 3 is 2.59 bits per heavy atom. The molecule has 0 aromatic heterocycles. The van der Waals surface area contributed by atoms with E-state index in [0.717, 1.165) is 29.5 Å². The first-order chi connectivity index (χ1) is 12.8. The van der Waals surface area contributed by atoms with Crippen LogP contribution in [-0.4, -0.2) is 58.7 Å². The highest BCUT2D eigenvalue weighted by molar-refractivity contribution is 9.13. The van der Waals surface area contributed by atoms with E-state index in [9.17, 15) is 19.5 Å². The minimum Gasteiger partial charge on any atom is -0.503 e. The molecular formula is C17H16Br2N2O5S. The average molecular weight is 520 g/mol. The lowest BCUT2D eigenvalue weighted by atomic mass is 10.2. The number of ether oxygens (including phenoxy) is 1. The highest BCUT2D eigenvalue weighted by Gasteiger charge is 2.37. The number of hydrogen-bond acceptors (Lipinski definition) is 6. The van der Waals surface area contributed by atoms with Gasteiger partial charge in [0, 0.05) is 17.6 Å². The number of phenolic OH excluding ortho intramolecular Hbond substituents is 1. The lowest BCUT2D eigenvalue weighted by Crippen LogP contribution is -2.40. The predicted molar refractivity (Wildman–Crippen MR) is 109 cm³/mol. The van der Waals surface area contributed by atoms with Gasteiger partial charge < -0.3 is 14.7 Å². The first-order valence-electron chi connectivity index (χ1n) is 8.11. The molecule has 2 fully saturated rings. The Morgan fingerprint density at radius 2 is 1.96 bits per heavy atom. The number of carbonyl (C=O) groups is 3. The van der Waals surface area contributed by atoms with E-state index in [4.69, 9.17) is 4.74 Å². The third kappa shape index (κ3) is 4.02. The molecule has 144 valence electrons. The molecule has 2 heterocycles. The maximum atomic E-state index is 12.6. The third-order valence-corrected chi connectivity index (χ3v) is 7.37. The highest BCUT2D eigenvalue weighted by Crippen LogP contribution is 2.43. The maximum absolute atomic E-state index is 12.6. The van der Waals surface area contributed by atoms with Gasteiger partial charge in [-0.1, -0.05) is 0 Å². The number of likely N-dealkylation sites (tertiary alicyclic amines) is 1. The van der Waals surface area contributed by atoms with Crippen LogP contribution in [0.4, 0.5) is 4.79 Å². The van der Waals surface area contributed by atoms with Crippen LogP contribution in [0.25, 0.3) is 6.08 Å². The molecule has 3 amide bonds. The van der Waals surface area contributed by atoms with E-state index < -0.39 is 11.1 Å². The van der Waals surface area contributed by atoms with Crippen molar-refractivity contribution in [3.63, 3.8) is 0 Å². The van der Waals surface area contributed by atoms with Gasteiger partial charge in [-0.05, 0) is 74.2 Å². The normalized spacial score (nSPS) is 18.7. The van der Waals surface area contributed by atoms with E-state index in [0.29, 0.717) is 27.6 Å². The number of amides is 3. The zero-order chi connectivity index (χ0) is 19.7. The fraction of sp³-hybridized carbons (Fsp3) is 0.353. The number of imide groups is 1. The summed E-state index contributed by atoms with van der Waals surface area (Å²) in [5, 5.41) is 9.53. The van der Waals surface area contributed by atoms with Crippen LogP contribution in [0.3, 0.4) is 0 Å². The molecule has 2 aliphatic heterocycles. The van der Waals surface area contributed by atoms with Crippen molar-refractivity contribution in [1.82, 2.24) is 9.80 Å². The Kier molecular flexibility index (Phi) is 6.17. The second-order valence-corrected chi connectivity index (χ2v) is 8.58. The quantitative estimate of drug-likeness (QED) is 0.612. The van der Waals surface area contributed by atoms with Crippen LogP contribution in [0.5, 0.6) is 11.5 Å². The largest absolute Gasteiger partial charge is 0.503 e. The fourth-order valence-corrected chi connectivity index (χ4v) is 4.52. The van der Waals surface area contributed by atoms with Crippen LogP contribution in [0.15, 0.2) is 19.9 Å². The van der Waals surface area contributed by atoms with Crippen molar-refractivity contribution in [3.8, 4) is 11.5 Å². The van der Waals surface area contributed by atoms with Gasteiger partial charge in [-0.2, -0.15) is 0 Å². The summed E-state index contributed by atoms with van der Waals surface area (Å²) in [6.45, 7) is 1.09. The number of nitrogens with zero attached hydrogens (tertiary/aromatic N) is 2. The molecule has 3 rings (SSSR count). The summed E-state index contributed by atoms with van der Waals surface area (Å²) in [5.41, 5.74) is 0.549. The van der Waals surface area contributed by atoms with E-state index in [1.807, 2.05) is 0 Å². The van der Waals surface area contributed by atoms with Crippen LogP contribution >= 0.6 is 43.6 Å². The molecule has 27 heavy (non-hydrogen) atoms. The molecule has 1 aromatic rings. The van der Waals surface area contributed by atoms with Crippen molar-refractivity contribution in [3.05, 3.63) is 25.5 Å². The fourth-order valence-electron chi connectivity index (χ4n) is 2.85. The van der Waals surface area contributed by atoms with Crippen molar-refractivity contribution in [2.75, 3.05) is 26.7 Å². The van der Waals surface area contributed by atoms with Gasteiger partial charge in [-0.15, -0.1) is 0 Å². The monoisotopic (exact) mass is 518 g/mol. The molecule has 0 bridgehead atoms. The summed E-state index contributed by atoms with van der Waals surface area (Å²) in [6.07, 6.45) is 3.42. The van der Waals surface area contributed by atoms with Gasteiger partial charge in [0.2, 0.25) is 5.91 Å².